The Labute approximate surface area is 164 Å². The van der Waals surface area contributed by atoms with Gasteiger partial charge in [-0.15, -0.1) is 0 Å². The van der Waals surface area contributed by atoms with E-state index in [0.717, 1.165) is 66.3 Å². The Morgan fingerprint density at radius 1 is 1.04 bits per heavy atom. The summed E-state index contributed by atoms with van der Waals surface area (Å²) in [6.45, 7) is 5.33. The predicted molar refractivity (Wildman–Crippen MR) is 108 cm³/mol. The van der Waals surface area contributed by atoms with Crippen LogP contribution >= 0.6 is 0 Å². The first-order chi connectivity index (χ1) is 13.7. The summed E-state index contributed by atoms with van der Waals surface area (Å²) in [6.07, 6.45) is 2.30. The van der Waals surface area contributed by atoms with Crippen LogP contribution in [0.25, 0.3) is 10.9 Å². The Kier molecular flexibility index (Phi) is 4.53. The Morgan fingerprint density at radius 2 is 1.86 bits per heavy atom. The van der Waals surface area contributed by atoms with Gasteiger partial charge in [-0.2, -0.15) is 0 Å². The van der Waals surface area contributed by atoms with Crippen molar-refractivity contribution in [1.29, 1.82) is 0 Å². The van der Waals surface area contributed by atoms with E-state index in [0.29, 0.717) is 6.79 Å². The summed E-state index contributed by atoms with van der Waals surface area (Å²) in [5.41, 5.74) is 3.26. The van der Waals surface area contributed by atoms with Crippen molar-refractivity contribution in [3.63, 3.8) is 0 Å². The van der Waals surface area contributed by atoms with Gasteiger partial charge >= 0.3 is 0 Å². The third kappa shape index (κ3) is 3.50. The molecule has 0 aliphatic carbocycles. The quantitative estimate of drug-likeness (QED) is 0.679. The van der Waals surface area contributed by atoms with Crippen molar-refractivity contribution in [2.75, 3.05) is 19.9 Å². The molecule has 1 aromatic heterocycles. The first kappa shape index (κ1) is 17.3. The summed E-state index contributed by atoms with van der Waals surface area (Å²) in [6, 6.07) is 16.5. The van der Waals surface area contributed by atoms with E-state index in [2.05, 4.69) is 34.1 Å². The maximum absolute atomic E-state index is 6.41. The Balaban J connectivity index is 1.22. The van der Waals surface area contributed by atoms with Crippen LogP contribution in [0.4, 0.5) is 0 Å². The SMILES string of the molecule is Cc1cc(OC2CCN(Cc3ccc4c(c3)OCO4)CC2)c2ccccc2n1. The van der Waals surface area contributed by atoms with Gasteiger partial charge in [0.15, 0.2) is 11.5 Å². The second-order valence-electron chi connectivity index (χ2n) is 7.56. The summed E-state index contributed by atoms with van der Waals surface area (Å²) in [4.78, 5) is 7.09. The van der Waals surface area contributed by atoms with E-state index in [1.807, 2.05) is 31.2 Å². The molecule has 0 atom stereocenters. The Morgan fingerprint density at radius 3 is 2.75 bits per heavy atom. The highest BCUT2D eigenvalue weighted by molar-refractivity contribution is 5.85. The number of fused-ring (bicyclic) bond motifs is 2. The molecule has 5 heteroatoms. The third-order valence-electron chi connectivity index (χ3n) is 5.48. The maximum Gasteiger partial charge on any atom is 0.231 e. The standard InChI is InChI=1S/C23H24N2O3/c1-16-12-22(19-4-2-3-5-20(19)24-16)28-18-8-10-25(11-9-18)14-17-6-7-21-23(13-17)27-15-26-21/h2-7,12-13,18H,8-11,14-15H2,1H3. The highest BCUT2D eigenvalue weighted by Crippen LogP contribution is 2.33. The second kappa shape index (κ2) is 7.32. The molecule has 2 aromatic carbocycles. The summed E-state index contributed by atoms with van der Waals surface area (Å²) in [5.74, 6) is 2.66. The lowest BCUT2D eigenvalue weighted by molar-refractivity contribution is 0.0978. The molecular formula is C23H24N2O3. The van der Waals surface area contributed by atoms with Crippen LogP contribution in [0.1, 0.15) is 24.1 Å². The molecule has 28 heavy (non-hydrogen) atoms. The van der Waals surface area contributed by atoms with Crippen LogP contribution in [0.3, 0.4) is 0 Å². The third-order valence-corrected chi connectivity index (χ3v) is 5.48. The molecule has 0 spiro atoms. The van der Waals surface area contributed by atoms with E-state index in [4.69, 9.17) is 14.2 Å². The van der Waals surface area contributed by atoms with Crippen LogP contribution in [0.2, 0.25) is 0 Å². The first-order valence-corrected chi connectivity index (χ1v) is 9.88. The van der Waals surface area contributed by atoms with E-state index in [1.54, 1.807) is 0 Å². The van der Waals surface area contributed by atoms with Crippen LogP contribution in [0, 0.1) is 6.92 Å². The fourth-order valence-electron chi connectivity index (χ4n) is 4.03. The molecule has 2 aliphatic heterocycles. The lowest BCUT2D eigenvalue weighted by Gasteiger charge is -2.32. The molecule has 0 bridgehead atoms. The van der Waals surface area contributed by atoms with E-state index in [-0.39, 0.29) is 6.10 Å². The zero-order valence-corrected chi connectivity index (χ0v) is 16.1. The number of para-hydroxylation sites is 1. The number of pyridine rings is 1. The molecule has 3 aromatic rings. The molecule has 0 radical (unpaired) electrons. The van der Waals surface area contributed by atoms with Crippen molar-refractivity contribution in [3.8, 4) is 17.2 Å². The van der Waals surface area contributed by atoms with Gasteiger partial charge in [-0.25, -0.2) is 0 Å². The van der Waals surface area contributed by atoms with Crippen molar-refractivity contribution < 1.29 is 14.2 Å². The zero-order valence-electron chi connectivity index (χ0n) is 16.1. The number of aryl methyl sites for hydroxylation is 1. The van der Waals surface area contributed by atoms with Crippen LogP contribution in [-0.2, 0) is 6.54 Å². The first-order valence-electron chi connectivity index (χ1n) is 9.88. The van der Waals surface area contributed by atoms with Crippen LogP contribution in [0.15, 0.2) is 48.5 Å². The highest BCUT2D eigenvalue weighted by Gasteiger charge is 2.22. The van der Waals surface area contributed by atoms with Gasteiger partial charge in [0.05, 0.1) is 5.52 Å². The lowest BCUT2D eigenvalue weighted by Crippen LogP contribution is -2.37. The predicted octanol–water partition coefficient (Wildman–Crippen LogP) is 4.32. The van der Waals surface area contributed by atoms with E-state index in [9.17, 15) is 0 Å². The molecule has 0 N–H and O–H groups in total. The molecule has 2 aliphatic rings. The number of benzene rings is 2. The van der Waals surface area contributed by atoms with Crippen molar-refractivity contribution in [2.24, 2.45) is 0 Å². The van der Waals surface area contributed by atoms with Crippen LogP contribution < -0.4 is 14.2 Å². The number of hydrogen-bond donors (Lipinski definition) is 0. The van der Waals surface area contributed by atoms with Gasteiger partial charge in [-0.3, -0.25) is 9.88 Å². The maximum atomic E-state index is 6.41. The topological polar surface area (TPSA) is 43.8 Å². The van der Waals surface area contributed by atoms with Gasteiger partial charge in [0.25, 0.3) is 0 Å². The molecule has 1 saturated heterocycles. The lowest BCUT2D eigenvalue weighted by atomic mass is 10.1. The van der Waals surface area contributed by atoms with Gasteiger partial charge in [0.1, 0.15) is 11.9 Å². The largest absolute Gasteiger partial charge is 0.490 e. The number of hydrogen-bond acceptors (Lipinski definition) is 5. The summed E-state index contributed by atoms with van der Waals surface area (Å²) in [7, 11) is 0. The van der Waals surface area contributed by atoms with E-state index in [1.165, 1.54) is 5.56 Å². The number of nitrogens with zero attached hydrogens (tertiary/aromatic N) is 2. The molecule has 144 valence electrons. The minimum atomic E-state index is 0.248. The van der Waals surface area contributed by atoms with Gasteiger partial charge in [-0.05, 0) is 49.6 Å². The van der Waals surface area contributed by atoms with Crippen molar-refractivity contribution in [1.82, 2.24) is 9.88 Å². The van der Waals surface area contributed by atoms with E-state index >= 15 is 0 Å². The smallest absolute Gasteiger partial charge is 0.231 e. The molecule has 0 amide bonds. The van der Waals surface area contributed by atoms with Gasteiger partial charge < -0.3 is 14.2 Å². The zero-order chi connectivity index (χ0) is 18.9. The Hall–Kier alpha value is -2.79. The number of rotatable bonds is 4. The molecule has 3 heterocycles. The van der Waals surface area contributed by atoms with Gasteiger partial charge in [0, 0.05) is 36.8 Å². The molecule has 0 unspecified atom stereocenters. The average molecular weight is 376 g/mol. The minimum absolute atomic E-state index is 0.248. The van der Waals surface area contributed by atoms with Crippen molar-refractivity contribution in [2.45, 2.75) is 32.4 Å². The van der Waals surface area contributed by atoms with Crippen LogP contribution in [0.5, 0.6) is 17.2 Å². The van der Waals surface area contributed by atoms with Crippen molar-refractivity contribution in [3.05, 3.63) is 59.8 Å². The fourth-order valence-corrected chi connectivity index (χ4v) is 4.03. The number of piperidine rings is 1. The molecular weight excluding hydrogens is 352 g/mol. The number of ether oxygens (including phenoxy) is 3. The molecule has 0 saturated carbocycles. The minimum Gasteiger partial charge on any atom is -0.490 e. The molecule has 5 nitrogen and oxygen atoms in total. The van der Waals surface area contributed by atoms with Gasteiger partial charge in [0.2, 0.25) is 6.79 Å². The average Bonchev–Trinajstić information content (AvgIpc) is 3.17. The number of aromatic nitrogens is 1. The number of likely N-dealkylation sites (tertiary alicyclic amines) is 1. The second-order valence-corrected chi connectivity index (χ2v) is 7.56. The summed E-state index contributed by atoms with van der Waals surface area (Å²) >= 11 is 0. The normalized spacial score (nSPS) is 17.2. The van der Waals surface area contributed by atoms with E-state index < -0.39 is 0 Å². The van der Waals surface area contributed by atoms with Crippen molar-refractivity contribution >= 4 is 10.9 Å². The fraction of sp³-hybridized carbons (Fsp3) is 0.348. The molecule has 1 fully saturated rings. The highest BCUT2D eigenvalue weighted by atomic mass is 16.7. The van der Waals surface area contributed by atoms with Crippen LogP contribution in [-0.4, -0.2) is 35.9 Å². The summed E-state index contributed by atoms with van der Waals surface area (Å²) < 4.78 is 17.3. The summed E-state index contributed by atoms with van der Waals surface area (Å²) in [5, 5.41) is 1.09. The van der Waals surface area contributed by atoms with Gasteiger partial charge in [-0.1, -0.05) is 18.2 Å². The molecule has 5 rings (SSSR count). The monoisotopic (exact) mass is 376 g/mol. The Bertz CT molecular complexity index is 996.